The molecule has 20 heavy (non-hydrogen) atoms. The molecule has 1 fully saturated rings. The lowest BCUT2D eigenvalue weighted by Crippen LogP contribution is -2.51. The molecule has 0 spiro atoms. The summed E-state index contributed by atoms with van der Waals surface area (Å²) in [4.78, 5) is 0. The number of aliphatic hydroxyl groups excluding tert-OH is 3. The Balaban J connectivity index is 2.75. The van der Waals surface area contributed by atoms with E-state index in [-0.39, 0.29) is 6.54 Å². The molecular weight excluding hydrogens is 289 g/mol. The molecule has 1 saturated heterocycles. The van der Waals surface area contributed by atoms with Gasteiger partial charge in [0.1, 0.15) is 11.6 Å². The first-order valence-electron chi connectivity index (χ1n) is 5.51. The Labute approximate surface area is 109 Å². The summed E-state index contributed by atoms with van der Waals surface area (Å²) >= 11 is 0. The molecule has 0 aliphatic carbocycles. The molecule has 4 N–H and O–H groups in total. The second-order valence-corrected chi connectivity index (χ2v) is 4.47. The molecule has 1 aliphatic rings. The lowest BCUT2D eigenvalue weighted by molar-refractivity contribution is -0.0142. The predicted molar refractivity (Wildman–Crippen MR) is 55.0 cm³/mol. The van der Waals surface area contributed by atoms with Crippen LogP contribution in [0.2, 0.25) is 0 Å². The first-order chi connectivity index (χ1) is 9.27. The third-order valence-corrected chi connectivity index (χ3v) is 3.40. The molecule has 9 heteroatoms. The molecule has 112 valence electrons. The van der Waals surface area contributed by atoms with Crippen molar-refractivity contribution in [2.75, 3.05) is 13.2 Å². The van der Waals surface area contributed by atoms with Gasteiger partial charge in [0.05, 0.1) is 18.3 Å². The Morgan fingerprint density at radius 2 is 1.40 bits per heavy atom. The first kappa shape index (κ1) is 15.1. The summed E-state index contributed by atoms with van der Waals surface area (Å²) in [6.07, 6.45) is -3.47. The van der Waals surface area contributed by atoms with E-state index in [2.05, 4.69) is 5.32 Å². The zero-order valence-electron chi connectivity index (χ0n) is 9.80. The molecule has 0 radical (unpaired) electrons. The highest BCUT2D eigenvalue weighted by Crippen LogP contribution is 2.37. The third-order valence-electron chi connectivity index (χ3n) is 3.40. The van der Waals surface area contributed by atoms with Crippen molar-refractivity contribution in [3.63, 3.8) is 0 Å². The molecule has 2 rings (SSSR count). The van der Waals surface area contributed by atoms with Crippen molar-refractivity contribution >= 4 is 0 Å². The highest BCUT2D eigenvalue weighted by atomic mass is 19.2. The smallest absolute Gasteiger partial charge is 0.200 e. The average Bonchev–Trinajstić information content (AvgIpc) is 2.72. The second kappa shape index (κ2) is 4.92. The summed E-state index contributed by atoms with van der Waals surface area (Å²) in [6.45, 7) is -1.56. The quantitative estimate of drug-likeness (QED) is 0.349. The van der Waals surface area contributed by atoms with Gasteiger partial charge < -0.3 is 20.6 Å². The standard InChI is InChI=1S/C11H10F5NO3/c12-5-4(6(13)8(15)9(16)7(5)14)11(2-18)10(20)3(19)1-17-11/h3,10,17-20H,1-2H2/t3-,10+,11+/m1/s1. The molecule has 0 bridgehead atoms. The minimum absolute atomic E-state index is 0.388. The van der Waals surface area contributed by atoms with E-state index in [9.17, 15) is 37.3 Å². The number of hydrogen-bond acceptors (Lipinski definition) is 4. The number of halogens is 5. The van der Waals surface area contributed by atoms with E-state index in [0.29, 0.717) is 0 Å². The van der Waals surface area contributed by atoms with Crippen LogP contribution in [-0.2, 0) is 5.54 Å². The van der Waals surface area contributed by atoms with Crippen LogP contribution in [0.4, 0.5) is 22.0 Å². The Bertz CT molecular complexity index is 526. The highest BCUT2D eigenvalue weighted by Gasteiger charge is 2.52. The number of rotatable bonds is 2. The number of aliphatic hydroxyl groups is 3. The van der Waals surface area contributed by atoms with Gasteiger partial charge in [-0.25, -0.2) is 22.0 Å². The molecular formula is C11H10F5NO3. The monoisotopic (exact) mass is 299 g/mol. The van der Waals surface area contributed by atoms with E-state index >= 15 is 0 Å². The van der Waals surface area contributed by atoms with Gasteiger partial charge in [0.25, 0.3) is 0 Å². The largest absolute Gasteiger partial charge is 0.394 e. The Kier molecular flexibility index (Phi) is 3.71. The number of benzene rings is 1. The van der Waals surface area contributed by atoms with Crippen molar-refractivity contribution in [3.05, 3.63) is 34.6 Å². The van der Waals surface area contributed by atoms with Gasteiger partial charge in [-0.15, -0.1) is 0 Å². The van der Waals surface area contributed by atoms with E-state index in [1.54, 1.807) is 0 Å². The summed E-state index contributed by atoms with van der Waals surface area (Å²) in [5.41, 5.74) is -3.77. The fourth-order valence-corrected chi connectivity index (χ4v) is 2.29. The maximum Gasteiger partial charge on any atom is 0.200 e. The molecule has 3 atom stereocenters. The lowest BCUT2D eigenvalue weighted by atomic mass is 9.85. The van der Waals surface area contributed by atoms with E-state index in [1.165, 1.54) is 0 Å². The molecule has 1 aromatic rings. The predicted octanol–water partition coefficient (Wildman–Crippen LogP) is -0.105. The summed E-state index contributed by atoms with van der Waals surface area (Å²) in [6, 6.07) is 0. The van der Waals surface area contributed by atoms with Crippen LogP contribution in [0.1, 0.15) is 5.56 Å². The Morgan fingerprint density at radius 1 is 0.950 bits per heavy atom. The van der Waals surface area contributed by atoms with Crippen molar-refractivity contribution in [2.45, 2.75) is 17.7 Å². The fourth-order valence-electron chi connectivity index (χ4n) is 2.29. The van der Waals surface area contributed by atoms with Gasteiger partial charge in [0, 0.05) is 6.54 Å². The maximum atomic E-state index is 13.7. The summed E-state index contributed by atoms with van der Waals surface area (Å²) < 4.78 is 66.8. The Morgan fingerprint density at radius 3 is 1.75 bits per heavy atom. The fraction of sp³-hybridized carbons (Fsp3) is 0.455. The molecule has 0 saturated carbocycles. The van der Waals surface area contributed by atoms with Gasteiger partial charge in [-0.05, 0) is 0 Å². The van der Waals surface area contributed by atoms with Gasteiger partial charge >= 0.3 is 0 Å². The number of hydrogen-bond donors (Lipinski definition) is 4. The number of β-amino-alcohol motifs (C(OH)–C–C–N with tert-alkyl or cyclic N) is 1. The maximum absolute atomic E-state index is 13.7. The van der Waals surface area contributed by atoms with Crippen LogP contribution < -0.4 is 5.32 Å². The van der Waals surface area contributed by atoms with Crippen LogP contribution in [0.5, 0.6) is 0 Å². The molecule has 1 aromatic carbocycles. The Hall–Kier alpha value is -1.29. The van der Waals surface area contributed by atoms with Gasteiger partial charge in [-0.3, -0.25) is 0 Å². The highest BCUT2D eigenvalue weighted by molar-refractivity contribution is 5.34. The van der Waals surface area contributed by atoms with Crippen LogP contribution in [0.3, 0.4) is 0 Å². The van der Waals surface area contributed by atoms with Crippen LogP contribution in [0.15, 0.2) is 0 Å². The minimum atomic E-state index is -2.37. The normalized spacial score (nSPS) is 30.0. The van der Waals surface area contributed by atoms with Gasteiger partial charge in [-0.1, -0.05) is 0 Å². The van der Waals surface area contributed by atoms with Crippen LogP contribution in [-0.4, -0.2) is 40.7 Å². The topological polar surface area (TPSA) is 72.7 Å². The van der Waals surface area contributed by atoms with E-state index in [4.69, 9.17) is 0 Å². The van der Waals surface area contributed by atoms with Crippen molar-refractivity contribution in [1.29, 1.82) is 0 Å². The third kappa shape index (κ3) is 1.81. The van der Waals surface area contributed by atoms with Crippen LogP contribution in [0.25, 0.3) is 0 Å². The van der Waals surface area contributed by atoms with Crippen molar-refractivity contribution < 1.29 is 37.3 Å². The van der Waals surface area contributed by atoms with Crippen LogP contribution in [0, 0.1) is 29.1 Å². The van der Waals surface area contributed by atoms with E-state index < -0.39 is 59.0 Å². The molecule has 0 unspecified atom stereocenters. The lowest BCUT2D eigenvalue weighted by Gasteiger charge is -2.32. The van der Waals surface area contributed by atoms with Crippen LogP contribution >= 0.6 is 0 Å². The second-order valence-electron chi connectivity index (χ2n) is 4.47. The van der Waals surface area contributed by atoms with Gasteiger partial charge in [0.15, 0.2) is 23.3 Å². The summed E-state index contributed by atoms with van der Waals surface area (Å²) in [5, 5.41) is 30.5. The molecule has 1 heterocycles. The average molecular weight is 299 g/mol. The minimum Gasteiger partial charge on any atom is -0.394 e. The van der Waals surface area contributed by atoms with E-state index in [1.807, 2.05) is 0 Å². The summed E-state index contributed by atoms with van der Waals surface area (Å²) in [5.74, 6) is -11.1. The zero-order chi connectivity index (χ0) is 15.2. The molecule has 4 nitrogen and oxygen atoms in total. The summed E-state index contributed by atoms with van der Waals surface area (Å²) in [7, 11) is 0. The molecule has 1 aliphatic heterocycles. The SMILES string of the molecule is OC[C@@]1(c2c(F)c(F)c(F)c(F)c2F)NC[C@@H](O)[C@@H]1O. The van der Waals surface area contributed by atoms with Gasteiger partial charge in [0.2, 0.25) is 5.82 Å². The van der Waals surface area contributed by atoms with Crippen molar-refractivity contribution in [1.82, 2.24) is 5.32 Å². The van der Waals surface area contributed by atoms with E-state index in [0.717, 1.165) is 0 Å². The zero-order valence-corrected chi connectivity index (χ0v) is 9.80. The van der Waals surface area contributed by atoms with Crippen molar-refractivity contribution in [2.24, 2.45) is 0 Å². The number of nitrogens with one attached hydrogen (secondary N) is 1. The van der Waals surface area contributed by atoms with Gasteiger partial charge in [-0.2, -0.15) is 0 Å². The first-order valence-corrected chi connectivity index (χ1v) is 5.51. The molecule has 0 aromatic heterocycles. The van der Waals surface area contributed by atoms with Crippen molar-refractivity contribution in [3.8, 4) is 0 Å². The molecule has 0 amide bonds.